The highest BCUT2D eigenvalue weighted by molar-refractivity contribution is 5.80. The number of nitrogens with zero attached hydrogens (tertiary/aromatic N) is 3. The molecule has 0 spiro atoms. The number of guanidine groups is 1. The van der Waals surface area contributed by atoms with Crippen molar-refractivity contribution in [2.24, 2.45) is 16.8 Å². The summed E-state index contributed by atoms with van der Waals surface area (Å²) in [6, 6.07) is 0.553. The van der Waals surface area contributed by atoms with Crippen LogP contribution in [0.3, 0.4) is 0 Å². The van der Waals surface area contributed by atoms with Crippen molar-refractivity contribution in [3.05, 3.63) is 0 Å². The third-order valence-electron chi connectivity index (χ3n) is 5.15. The van der Waals surface area contributed by atoms with Gasteiger partial charge in [-0.3, -0.25) is 9.89 Å². The lowest BCUT2D eigenvalue weighted by Gasteiger charge is -2.32. The fourth-order valence-corrected chi connectivity index (χ4v) is 3.74. The molecule has 0 bridgehead atoms. The van der Waals surface area contributed by atoms with E-state index in [9.17, 15) is 0 Å². The van der Waals surface area contributed by atoms with Crippen molar-refractivity contribution in [1.29, 1.82) is 0 Å². The van der Waals surface area contributed by atoms with Crippen LogP contribution in [-0.4, -0.2) is 88.5 Å². The van der Waals surface area contributed by atoms with E-state index in [1.165, 1.54) is 12.8 Å². The molecule has 0 aliphatic carbocycles. The fourth-order valence-electron chi connectivity index (χ4n) is 3.74. The van der Waals surface area contributed by atoms with Gasteiger partial charge in [0.05, 0.1) is 19.8 Å². The second-order valence-corrected chi connectivity index (χ2v) is 7.60. The third kappa shape index (κ3) is 8.23. The van der Waals surface area contributed by atoms with Gasteiger partial charge in [-0.05, 0) is 31.8 Å². The maximum atomic E-state index is 5.70. The molecule has 0 amide bonds. The summed E-state index contributed by atoms with van der Waals surface area (Å²) in [5.74, 6) is 2.31. The van der Waals surface area contributed by atoms with Gasteiger partial charge in [-0.2, -0.15) is 0 Å². The third-order valence-corrected chi connectivity index (χ3v) is 5.15. The molecule has 154 valence electrons. The molecule has 1 aliphatic heterocycles. The van der Waals surface area contributed by atoms with Crippen molar-refractivity contribution in [2.75, 3.05) is 66.7 Å². The molecular weight excluding hydrogens is 328 g/mol. The van der Waals surface area contributed by atoms with Crippen LogP contribution in [0.1, 0.15) is 40.5 Å². The van der Waals surface area contributed by atoms with E-state index in [1.807, 2.05) is 7.05 Å². The first-order valence-electron chi connectivity index (χ1n) is 10.3. The highest BCUT2D eigenvalue weighted by atomic mass is 16.5. The summed E-state index contributed by atoms with van der Waals surface area (Å²) < 4.78 is 10.7. The normalized spacial score (nSPS) is 19.6. The molecule has 1 N–H and O–H groups in total. The van der Waals surface area contributed by atoms with E-state index < -0.39 is 0 Å². The Bertz CT molecular complexity index is 386. The summed E-state index contributed by atoms with van der Waals surface area (Å²) in [6.07, 6.45) is 2.38. The Kier molecular flexibility index (Phi) is 11.9. The summed E-state index contributed by atoms with van der Waals surface area (Å²) >= 11 is 0. The molecule has 2 atom stereocenters. The Morgan fingerprint density at radius 2 is 2.00 bits per heavy atom. The summed E-state index contributed by atoms with van der Waals surface area (Å²) in [6.45, 7) is 16.5. The largest absolute Gasteiger partial charge is 0.382 e. The number of rotatable bonds is 12. The van der Waals surface area contributed by atoms with Crippen LogP contribution in [0, 0.1) is 11.8 Å². The Hall–Kier alpha value is -0.850. The minimum absolute atomic E-state index is 0.553. The van der Waals surface area contributed by atoms with E-state index in [-0.39, 0.29) is 0 Å². The first kappa shape index (κ1) is 23.2. The average Bonchev–Trinajstić information content (AvgIpc) is 3.08. The van der Waals surface area contributed by atoms with Crippen molar-refractivity contribution in [2.45, 2.75) is 46.6 Å². The lowest BCUT2D eigenvalue weighted by atomic mass is 10.0. The maximum absolute atomic E-state index is 5.70. The number of hydrogen-bond donors (Lipinski definition) is 1. The van der Waals surface area contributed by atoms with Crippen LogP contribution in [0.4, 0.5) is 0 Å². The Labute approximate surface area is 161 Å². The average molecular weight is 371 g/mol. The van der Waals surface area contributed by atoms with E-state index in [2.05, 4.69) is 47.8 Å². The van der Waals surface area contributed by atoms with Crippen LogP contribution in [0.5, 0.6) is 0 Å². The van der Waals surface area contributed by atoms with Crippen LogP contribution in [0.25, 0.3) is 0 Å². The van der Waals surface area contributed by atoms with Crippen LogP contribution < -0.4 is 5.32 Å². The molecular formula is C20H42N4O2. The van der Waals surface area contributed by atoms with E-state index >= 15 is 0 Å². The zero-order valence-electron chi connectivity index (χ0n) is 18.0. The van der Waals surface area contributed by atoms with Gasteiger partial charge in [0.2, 0.25) is 0 Å². The molecule has 0 aromatic carbocycles. The van der Waals surface area contributed by atoms with Gasteiger partial charge >= 0.3 is 0 Å². The monoisotopic (exact) mass is 370 g/mol. The molecule has 2 unspecified atom stereocenters. The molecule has 1 rings (SSSR count). The minimum Gasteiger partial charge on any atom is -0.382 e. The number of methoxy groups -OCH3 is 1. The Morgan fingerprint density at radius 1 is 1.27 bits per heavy atom. The Balaban J connectivity index is 2.48. The minimum atomic E-state index is 0.553. The van der Waals surface area contributed by atoms with Crippen LogP contribution >= 0.6 is 0 Å². The number of likely N-dealkylation sites (N-methyl/N-ethyl adjacent to an activating group) is 1. The number of nitrogens with one attached hydrogen (secondary N) is 1. The first-order valence-corrected chi connectivity index (χ1v) is 10.3. The summed E-state index contributed by atoms with van der Waals surface area (Å²) in [5.41, 5.74) is 0. The molecule has 0 aromatic rings. The molecule has 1 heterocycles. The molecule has 1 fully saturated rings. The van der Waals surface area contributed by atoms with Gasteiger partial charge in [-0.15, -0.1) is 0 Å². The van der Waals surface area contributed by atoms with Crippen LogP contribution in [-0.2, 0) is 9.47 Å². The van der Waals surface area contributed by atoms with Gasteiger partial charge in [0.1, 0.15) is 0 Å². The molecule has 6 heteroatoms. The van der Waals surface area contributed by atoms with Crippen molar-refractivity contribution >= 4 is 5.96 Å². The fraction of sp³-hybridized carbons (Fsp3) is 0.950. The number of likely N-dealkylation sites (tertiary alicyclic amines) is 1. The zero-order chi connectivity index (χ0) is 19.4. The second kappa shape index (κ2) is 13.3. The van der Waals surface area contributed by atoms with E-state index in [4.69, 9.17) is 9.47 Å². The van der Waals surface area contributed by atoms with E-state index in [1.54, 1.807) is 7.11 Å². The quantitative estimate of drug-likeness (QED) is 0.325. The van der Waals surface area contributed by atoms with Crippen LogP contribution in [0.15, 0.2) is 4.99 Å². The zero-order valence-corrected chi connectivity index (χ0v) is 18.0. The highest BCUT2D eigenvalue weighted by Gasteiger charge is 2.26. The number of aliphatic imine (C=N–C) groups is 1. The Morgan fingerprint density at radius 3 is 2.58 bits per heavy atom. The second-order valence-electron chi connectivity index (χ2n) is 7.60. The summed E-state index contributed by atoms with van der Waals surface area (Å²) in [5, 5.41) is 3.64. The molecule has 6 nitrogen and oxygen atoms in total. The van der Waals surface area contributed by atoms with Crippen molar-refractivity contribution in [3.8, 4) is 0 Å². The molecule has 1 aliphatic rings. The predicted molar refractivity (Wildman–Crippen MR) is 110 cm³/mol. The summed E-state index contributed by atoms with van der Waals surface area (Å²) in [4.78, 5) is 9.45. The van der Waals surface area contributed by atoms with Crippen LogP contribution in [0.2, 0.25) is 0 Å². The topological polar surface area (TPSA) is 49.3 Å². The smallest absolute Gasteiger partial charge is 0.193 e. The first-order chi connectivity index (χ1) is 12.5. The van der Waals surface area contributed by atoms with Gasteiger partial charge < -0.3 is 19.7 Å². The van der Waals surface area contributed by atoms with Crippen molar-refractivity contribution in [3.63, 3.8) is 0 Å². The van der Waals surface area contributed by atoms with Gasteiger partial charge in [0, 0.05) is 45.8 Å². The number of hydrogen-bond acceptors (Lipinski definition) is 4. The number of ether oxygens (including phenoxy) is 2. The SMILES string of the molecule is CCN(CC)C(CNC(=NC)N1CCC(COCCOC)C1)CC(C)C. The van der Waals surface area contributed by atoms with Gasteiger partial charge in [-0.1, -0.05) is 27.7 Å². The lowest BCUT2D eigenvalue weighted by molar-refractivity contribution is 0.0536. The molecule has 1 saturated heterocycles. The van der Waals surface area contributed by atoms with Crippen molar-refractivity contribution < 1.29 is 9.47 Å². The van der Waals surface area contributed by atoms with Gasteiger partial charge in [0.15, 0.2) is 5.96 Å². The molecule has 26 heavy (non-hydrogen) atoms. The van der Waals surface area contributed by atoms with E-state index in [0.29, 0.717) is 31.1 Å². The maximum Gasteiger partial charge on any atom is 0.193 e. The standard InChI is InChI=1S/C20H42N4O2/c1-7-23(8-2)19(13-17(3)4)14-22-20(21-5)24-10-9-18(15-24)16-26-12-11-25-6/h17-19H,7-16H2,1-6H3,(H,21,22). The summed E-state index contributed by atoms with van der Waals surface area (Å²) in [7, 11) is 3.60. The molecule has 0 aromatic heterocycles. The van der Waals surface area contributed by atoms with Crippen molar-refractivity contribution in [1.82, 2.24) is 15.1 Å². The predicted octanol–water partition coefficient (Wildman–Crippen LogP) is 2.30. The van der Waals surface area contributed by atoms with E-state index in [0.717, 1.165) is 45.3 Å². The van der Waals surface area contributed by atoms with Gasteiger partial charge in [-0.25, -0.2) is 0 Å². The molecule has 0 saturated carbocycles. The lowest BCUT2D eigenvalue weighted by Crippen LogP contribution is -2.48. The molecule has 0 radical (unpaired) electrons. The van der Waals surface area contributed by atoms with Gasteiger partial charge in [0.25, 0.3) is 0 Å². The highest BCUT2D eigenvalue weighted by Crippen LogP contribution is 2.17.